The summed E-state index contributed by atoms with van der Waals surface area (Å²) in [5, 5.41) is 16.0. The highest BCUT2D eigenvalue weighted by Crippen LogP contribution is 2.06. The van der Waals surface area contributed by atoms with Crippen molar-refractivity contribution in [3.63, 3.8) is 0 Å². The molecule has 4 amide bonds. The molecule has 0 aromatic rings. The predicted molar refractivity (Wildman–Crippen MR) is 109 cm³/mol. The van der Waals surface area contributed by atoms with Crippen molar-refractivity contribution in [3.05, 3.63) is 0 Å². The summed E-state index contributed by atoms with van der Waals surface area (Å²) in [5.74, 6) is -4.66. The number of hydrogen-bond donors (Lipinski definition) is 7. The van der Waals surface area contributed by atoms with Crippen LogP contribution in [-0.2, 0) is 24.0 Å². The number of primary amides is 1. The average Bonchev–Trinajstić information content (AvgIpc) is 2.64. The molecule has 12 nitrogen and oxygen atoms in total. The Bertz CT molecular complexity index is 626. The van der Waals surface area contributed by atoms with Gasteiger partial charge in [-0.15, -0.1) is 0 Å². The van der Waals surface area contributed by atoms with Crippen LogP contribution in [0.2, 0.25) is 0 Å². The number of unbranched alkanes of at least 4 members (excludes halogenated alkanes) is 1. The molecule has 0 saturated carbocycles. The number of nitrogens with one attached hydrogen (secondary N) is 3. The van der Waals surface area contributed by atoms with Gasteiger partial charge in [0.2, 0.25) is 23.6 Å². The Morgan fingerprint density at radius 2 is 1.50 bits per heavy atom. The van der Waals surface area contributed by atoms with Gasteiger partial charge < -0.3 is 38.3 Å². The third kappa shape index (κ3) is 10.2. The van der Waals surface area contributed by atoms with Gasteiger partial charge in [-0.05, 0) is 32.2 Å². The smallest absolute Gasteiger partial charge is 0.325 e. The molecule has 0 radical (unpaired) electrons. The second-order valence-electron chi connectivity index (χ2n) is 7.42. The van der Waals surface area contributed by atoms with Gasteiger partial charge in [0.15, 0.2) is 0 Å². The Labute approximate surface area is 175 Å². The quantitative estimate of drug-likeness (QED) is 0.146. The van der Waals surface area contributed by atoms with Crippen molar-refractivity contribution in [2.24, 2.45) is 23.1 Å². The molecule has 0 spiro atoms. The van der Waals surface area contributed by atoms with Crippen molar-refractivity contribution in [2.75, 3.05) is 6.54 Å². The van der Waals surface area contributed by atoms with E-state index in [2.05, 4.69) is 16.0 Å². The molecule has 0 aliphatic heterocycles. The number of hydrogen-bond acceptors (Lipinski definition) is 7. The topological polar surface area (TPSA) is 220 Å². The van der Waals surface area contributed by atoms with Crippen molar-refractivity contribution < 1.29 is 29.1 Å². The van der Waals surface area contributed by atoms with Crippen LogP contribution >= 0.6 is 0 Å². The van der Waals surface area contributed by atoms with Crippen LogP contribution in [0.25, 0.3) is 0 Å². The second kappa shape index (κ2) is 13.5. The summed E-state index contributed by atoms with van der Waals surface area (Å²) in [7, 11) is 0. The number of amides is 4. The number of carbonyl (C=O) groups is 5. The van der Waals surface area contributed by atoms with E-state index in [9.17, 15) is 24.0 Å². The standard InChI is InChI=1S/C18H34N6O6/c1-9(2)14(24-15(26)11(20)6-4-5-7-19)17(28)23-12(8-13(21)25)16(27)22-10(3)18(29)30/h9-12,14H,4-8,19-20H2,1-3H3,(H2,21,25)(H,22,27)(H,23,28)(H,24,26)(H,29,30). The number of nitrogens with two attached hydrogens (primary N) is 3. The lowest BCUT2D eigenvalue weighted by Crippen LogP contribution is -2.58. The van der Waals surface area contributed by atoms with E-state index in [1.807, 2.05) is 0 Å². The Balaban J connectivity index is 5.19. The van der Waals surface area contributed by atoms with Gasteiger partial charge in [-0.1, -0.05) is 20.3 Å². The first kappa shape index (κ1) is 27.3. The maximum absolute atomic E-state index is 12.7. The van der Waals surface area contributed by atoms with Crippen LogP contribution in [0.5, 0.6) is 0 Å². The predicted octanol–water partition coefficient (Wildman–Crippen LogP) is -2.47. The van der Waals surface area contributed by atoms with E-state index in [1.165, 1.54) is 6.92 Å². The summed E-state index contributed by atoms with van der Waals surface area (Å²) in [4.78, 5) is 59.5. The van der Waals surface area contributed by atoms with Crippen molar-refractivity contribution >= 4 is 29.6 Å². The zero-order valence-electron chi connectivity index (χ0n) is 17.6. The van der Waals surface area contributed by atoms with E-state index in [0.29, 0.717) is 25.8 Å². The maximum atomic E-state index is 12.7. The average molecular weight is 431 g/mol. The highest BCUT2D eigenvalue weighted by atomic mass is 16.4. The van der Waals surface area contributed by atoms with Crippen LogP contribution in [-0.4, -0.2) is 65.4 Å². The minimum Gasteiger partial charge on any atom is -0.480 e. The van der Waals surface area contributed by atoms with E-state index in [0.717, 1.165) is 0 Å². The van der Waals surface area contributed by atoms with E-state index >= 15 is 0 Å². The van der Waals surface area contributed by atoms with E-state index in [-0.39, 0.29) is 5.92 Å². The fourth-order valence-corrected chi connectivity index (χ4v) is 2.48. The van der Waals surface area contributed by atoms with Crippen LogP contribution in [0.3, 0.4) is 0 Å². The molecule has 0 saturated heterocycles. The van der Waals surface area contributed by atoms with E-state index < -0.39 is 60.2 Å². The van der Waals surface area contributed by atoms with Gasteiger partial charge in [0, 0.05) is 0 Å². The summed E-state index contributed by atoms with van der Waals surface area (Å²) in [6.45, 7) is 5.07. The van der Waals surface area contributed by atoms with Gasteiger partial charge in [0.25, 0.3) is 0 Å². The molecule has 30 heavy (non-hydrogen) atoms. The normalized spacial score (nSPS) is 14.9. The van der Waals surface area contributed by atoms with Gasteiger partial charge in [-0.3, -0.25) is 24.0 Å². The van der Waals surface area contributed by atoms with Crippen LogP contribution < -0.4 is 33.2 Å². The number of carboxylic acids is 1. The minimum atomic E-state index is -1.40. The largest absolute Gasteiger partial charge is 0.480 e. The second-order valence-corrected chi connectivity index (χ2v) is 7.42. The molecule has 4 atom stereocenters. The molecule has 0 rings (SSSR count). The van der Waals surface area contributed by atoms with Crippen molar-refractivity contribution in [2.45, 2.75) is 70.6 Å². The third-order valence-corrected chi connectivity index (χ3v) is 4.32. The molecule has 0 aromatic carbocycles. The fraction of sp³-hybridized carbons (Fsp3) is 0.722. The Morgan fingerprint density at radius 1 is 0.900 bits per heavy atom. The zero-order chi connectivity index (χ0) is 23.4. The molecular weight excluding hydrogens is 396 g/mol. The molecule has 0 heterocycles. The van der Waals surface area contributed by atoms with Gasteiger partial charge in [-0.25, -0.2) is 0 Å². The van der Waals surface area contributed by atoms with Crippen molar-refractivity contribution in [3.8, 4) is 0 Å². The molecule has 10 N–H and O–H groups in total. The summed E-state index contributed by atoms with van der Waals surface area (Å²) in [5.41, 5.74) is 16.4. The van der Waals surface area contributed by atoms with Crippen molar-refractivity contribution in [1.82, 2.24) is 16.0 Å². The third-order valence-electron chi connectivity index (χ3n) is 4.32. The first-order valence-corrected chi connectivity index (χ1v) is 9.78. The highest BCUT2D eigenvalue weighted by Gasteiger charge is 2.31. The molecule has 172 valence electrons. The van der Waals surface area contributed by atoms with Gasteiger partial charge in [0.1, 0.15) is 18.1 Å². The number of aliphatic carboxylic acids is 1. The van der Waals surface area contributed by atoms with Crippen molar-refractivity contribution in [1.29, 1.82) is 0 Å². The lowest BCUT2D eigenvalue weighted by atomic mass is 10.0. The molecule has 4 unspecified atom stereocenters. The SMILES string of the molecule is CC(NC(=O)C(CC(N)=O)NC(=O)C(NC(=O)C(N)CCCCN)C(C)C)C(=O)O. The first-order chi connectivity index (χ1) is 13.9. The molecular formula is C18H34N6O6. The molecule has 12 heteroatoms. The Kier molecular flexibility index (Phi) is 12.3. The molecule has 0 aliphatic rings. The van der Waals surface area contributed by atoms with Gasteiger partial charge in [-0.2, -0.15) is 0 Å². The highest BCUT2D eigenvalue weighted by molar-refractivity contribution is 5.96. The monoisotopic (exact) mass is 430 g/mol. The summed E-state index contributed by atoms with van der Waals surface area (Å²) >= 11 is 0. The first-order valence-electron chi connectivity index (χ1n) is 9.78. The molecule has 0 aliphatic carbocycles. The van der Waals surface area contributed by atoms with Crippen LogP contribution in [0, 0.1) is 5.92 Å². The van der Waals surface area contributed by atoms with Crippen LogP contribution in [0.4, 0.5) is 0 Å². The zero-order valence-corrected chi connectivity index (χ0v) is 17.6. The Hall–Kier alpha value is -2.73. The lowest BCUT2D eigenvalue weighted by Gasteiger charge is -2.26. The fourth-order valence-electron chi connectivity index (χ4n) is 2.48. The molecule has 0 bridgehead atoms. The van der Waals surface area contributed by atoms with Crippen LogP contribution in [0.15, 0.2) is 0 Å². The minimum absolute atomic E-state index is 0.361. The van der Waals surface area contributed by atoms with Crippen LogP contribution in [0.1, 0.15) is 46.5 Å². The molecule has 0 fully saturated rings. The van der Waals surface area contributed by atoms with Gasteiger partial charge in [0.05, 0.1) is 12.5 Å². The van der Waals surface area contributed by atoms with Gasteiger partial charge >= 0.3 is 5.97 Å². The summed E-state index contributed by atoms with van der Waals surface area (Å²) < 4.78 is 0. The maximum Gasteiger partial charge on any atom is 0.325 e. The lowest BCUT2D eigenvalue weighted by molar-refractivity contribution is -0.142. The van der Waals surface area contributed by atoms with E-state index in [1.54, 1.807) is 13.8 Å². The summed E-state index contributed by atoms with van der Waals surface area (Å²) in [6.07, 6.45) is 1.23. The molecule has 0 aromatic heterocycles. The van der Waals surface area contributed by atoms with E-state index in [4.69, 9.17) is 22.3 Å². The number of carboxylic acid groups (broad SMARTS) is 1. The number of rotatable bonds is 14. The number of carbonyl (C=O) groups excluding carboxylic acids is 4. The Morgan fingerprint density at radius 3 is 1.97 bits per heavy atom. The summed E-state index contributed by atoms with van der Waals surface area (Å²) in [6, 6.07) is -4.49.